The summed E-state index contributed by atoms with van der Waals surface area (Å²) in [7, 11) is 0. The van der Waals surface area contributed by atoms with E-state index >= 15 is 0 Å². The van der Waals surface area contributed by atoms with Crippen LogP contribution < -0.4 is 0 Å². The lowest BCUT2D eigenvalue weighted by Gasteiger charge is -2.36. The number of halogens is 1. The Morgan fingerprint density at radius 3 is 2.41 bits per heavy atom. The van der Waals surface area contributed by atoms with Crippen LogP contribution in [-0.2, 0) is 6.54 Å². The van der Waals surface area contributed by atoms with Crippen molar-refractivity contribution in [2.45, 2.75) is 52.5 Å². The van der Waals surface area contributed by atoms with Crippen LogP contribution in [-0.4, -0.2) is 15.5 Å². The molecule has 0 radical (unpaired) electrons. The maximum Gasteiger partial charge on any atom is 0.0844 e. The van der Waals surface area contributed by atoms with Gasteiger partial charge in [-0.05, 0) is 37.9 Å². The normalized spacial score (nSPS) is 19.5. The zero-order valence-electron chi connectivity index (χ0n) is 10.7. The fourth-order valence-electron chi connectivity index (χ4n) is 2.81. The third kappa shape index (κ3) is 2.65. The minimum Gasteiger partial charge on any atom is -0.267 e. The molecule has 96 valence electrons. The predicted molar refractivity (Wildman–Crippen MR) is 76.1 cm³/mol. The Hall–Kier alpha value is -0.150. The molecule has 2 nitrogen and oxygen atoms in total. The molecule has 1 aliphatic carbocycles. The first kappa shape index (κ1) is 13.3. The zero-order valence-corrected chi connectivity index (χ0v) is 12.3. The molecule has 2 rings (SSSR count). The number of nitrogens with zero attached hydrogens (tertiary/aromatic N) is 2. The van der Waals surface area contributed by atoms with Gasteiger partial charge in [-0.2, -0.15) is 17.7 Å². The number of hydrogen-bond donors (Lipinski definition) is 1. The third-order valence-electron chi connectivity index (χ3n) is 4.03. The molecular formula is C13H21ClN2S. The van der Waals surface area contributed by atoms with Crippen molar-refractivity contribution < 1.29 is 0 Å². The molecule has 0 saturated heterocycles. The van der Waals surface area contributed by atoms with Crippen molar-refractivity contribution in [2.75, 3.05) is 5.75 Å². The van der Waals surface area contributed by atoms with Gasteiger partial charge in [-0.15, -0.1) is 0 Å². The van der Waals surface area contributed by atoms with Crippen molar-refractivity contribution in [1.82, 2.24) is 9.78 Å². The fraction of sp³-hybridized carbons (Fsp3) is 0.769. The van der Waals surface area contributed by atoms with Gasteiger partial charge in [-0.3, -0.25) is 4.68 Å². The quantitative estimate of drug-likeness (QED) is 0.823. The minimum absolute atomic E-state index is 0.327. The summed E-state index contributed by atoms with van der Waals surface area (Å²) in [6.07, 6.45) is 6.56. The maximum absolute atomic E-state index is 6.20. The van der Waals surface area contributed by atoms with E-state index in [1.165, 1.54) is 32.1 Å². The highest BCUT2D eigenvalue weighted by Gasteiger charge is 2.32. The SMILES string of the molecule is Cc1nn(CC2(CS)CCCCC2)c(C)c1Cl. The van der Waals surface area contributed by atoms with Crippen LogP contribution in [0.25, 0.3) is 0 Å². The molecule has 1 saturated carbocycles. The molecule has 1 fully saturated rings. The molecule has 4 heteroatoms. The topological polar surface area (TPSA) is 17.8 Å². The first-order valence-corrected chi connectivity index (χ1v) is 7.39. The Kier molecular flexibility index (Phi) is 4.09. The summed E-state index contributed by atoms with van der Waals surface area (Å²) in [6.45, 7) is 4.99. The van der Waals surface area contributed by atoms with Gasteiger partial charge in [0, 0.05) is 6.54 Å². The second-order valence-electron chi connectivity index (χ2n) is 5.36. The van der Waals surface area contributed by atoms with Gasteiger partial charge < -0.3 is 0 Å². The van der Waals surface area contributed by atoms with Crippen molar-refractivity contribution in [3.05, 3.63) is 16.4 Å². The largest absolute Gasteiger partial charge is 0.267 e. The lowest BCUT2D eigenvalue weighted by Crippen LogP contribution is -2.32. The van der Waals surface area contributed by atoms with Gasteiger partial charge in [-0.1, -0.05) is 30.9 Å². The molecule has 0 aromatic carbocycles. The molecule has 0 atom stereocenters. The van der Waals surface area contributed by atoms with Gasteiger partial charge in [0.05, 0.1) is 16.4 Å². The Morgan fingerprint density at radius 2 is 1.94 bits per heavy atom. The molecule has 0 amide bonds. The highest BCUT2D eigenvalue weighted by Crippen LogP contribution is 2.39. The lowest BCUT2D eigenvalue weighted by molar-refractivity contribution is 0.181. The molecule has 0 bridgehead atoms. The number of aromatic nitrogens is 2. The van der Waals surface area contributed by atoms with E-state index in [-0.39, 0.29) is 0 Å². The van der Waals surface area contributed by atoms with Crippen LogP contribution in [0, 0.1) is 19.3 Å². The van der Waals surface area contributed by atoms with Crippen molar-refractivity contribution in [3.8, 4) is 0 Å². The van der Waals surface area contributed by atoms with E-state index in [1.54, 1.807) is 0 Å². The Balaban J connectivity index is 2.20. The van der Waals surface area contributed by atoms with Gasteiger partial charge in [0.2, 0.25) is 0 Å². The van der Waals surface area contributed by atoms with E-state index < -0.39 is 0 Å². The third-order valence-corrected chi connectivity index (χ3v) is 5.25. The van der Waals surface area contributed by atoms with Gasteiger partial charge in [-0.25, -0.2) is 0 Å². The van der Waals surface area contributed by atoms with E-state index in [9.17, 15) is 0 Å². The Labute approximate surface area is 114 Å². The smallest absolute Gasteiger partial charge is 0.0844 e. The van der Waals surface area contributed by atoms with Crippen LogP contribution in [0.5, 0.6) is 0 Å². The van der Waals surface area contributed by atoms with Gasteiger partial charge in [0.25, 0.3) is 0 Å². The maximum atomic E-state index is 6.20. The summed E-state index contributed by atoms with van der Waals surface area (Å²) in [5, 5.41) is 5.36. The molecule has 1 aromatic rings. The second-order valence-corrected chi connectivity index (χ2v) is 6.06. The van der Waals surface area contributed by atoms with Crippen LogP contribution in [0.3, 0.4) is 0 Å². The molecular weight excluding hydrogens is 252 g/mol. The number of hydrogen-bond acceptors (Lipinski definition) is 2. The summed E-state index contributed by atoms with van der Waals surface area (Å²) in [4.78, 5) is 0. The fourth-order valence-corrected chi connectivity index (χ4v) is 3.37. The predicted octanol–water partition coefficient (Wildman–Crippen LogP) is 4.03. The van der Waals surface area contributed by atoms with E-state index in [4.69, 9.17) is 11.6 Å². The van der Waals surface area contributed by atoms with Crippen molar-refractivity contribution in [2.24, 2.45) is 5.41 Å². The first-order valence-electron chi connectivity index (χ1n) is 6.38. The van der Waals surface area contributed by atoms with E-state index in [0.717, 1.165) is 28.7 Å². The summed E-state index contributed by atoms with van der Waals surface area (Å²) in [5.41, 5.74) is 2.36. The Bertz CT molecular complexity index is 394. The molecule has 0 unspecified atom stereocenters. The summed E-state index contributed by atoms with van der Waals surface area (Å²) in [6, 6.07) is 0. The summed E-state index contributed by atoms with van der Waals surface area (Å²) >= 11 is 10.8. The molecule has 0 spiro atoms. The van der Waals surface area contributed by atoms with E-state index in [0.29, 0.717) is 5.41 Å². The Morgan fingerprint density at radius 1 is 1.29 bits per heavy atom. The number of aryl methyl sites for hydroxylation is 1. The van der Waals surface area contributed by atoms with E-state index in [2.05, 4.69) is 29.3 Å². The number of rotatable bonds is 3. The number of thiol groups is 1. The van der Waals surface area contributed by atoms with Crippen molar-refractivity contribution >= 4 is 24.2 Å². The monoisotopic (exact) mass is 272 g/mol. The first-order chi connectivity index (χ1) is 8.08. The standard InChI is InChI=1S/C13H21ClN2S/c1-10-12(14)11(2)16(15-10)8-13(9-17)6-4-3-5-7-13/h17H,3-9H2,1-2H3. The van der Waals surface area contributed by atoms with Gasteiger partial charge in [0.15, 0.2) is 0 Å². The van der Waals surface area contributed by atoms with E-state index in [1.807, 2.05) is 6.92 Å². The molecule has 1 aromatic heterocycles. The average Bonchev–Trinajstić information content (AvgIpc) is 2.58. The van der Waals surface area contributed by atoms with Crippen LogP contribution >= 0.6 is 24.2 Å². The summed E-state index contributed by atoms with van der Waals surface area (Å²) < 4.78 is 2.08. The van der Waals surface area contributed by atoms with Crippen molar-refractivity contribution in [3.63, 3.8) is 0 Å². The molecule has 1 aliphatic rings. The second kappa shape index (κ2) is 5.23. The van der Waals surface area contributed by atoms with Crippen LogP contribution in [0.4, 0.5) is 0 Å². The van der Waals surface area contributed by atoms with Crippen LogP contribution in [0.1, 0.15) is 43.5 Å². The van der Waals surface area contributed by atoms with Crippen LogP contribution in [0.2, 0.25) is 5.02 Å². The summed E-state index contributed by atoms with van der Waals surface area (Å²) in [5.74, 6) is 0.947. The van der Waals surface area contributed by atoms with Crippen molar-refractivity contribution in [1.29, 1.82) is 0 Å². The highest BCUT2D eigenvalue weighted by molar-refractivity contribution is 7.80. The molecule has 0 aliphatic heterocycles. The van der Waals surface area contributed by atoms with Gasteiger partial charge >= 0.3 is 0 Å². The highest BCUT2D eigenvalue weighted by atomic mass is 35.5. The molecule has 17 heavy (non-hydrogen) atoms. The molecule has 1 heterocycles. The van der Waals surface area contributed by atoms with Crippen LogP contribution in [0.15, 0.2) is 0 Å². The molecule has 0 N–H and O–H groups in total. The zero-order chi connectivity index (χ0) is 12.5. The lowest BCUT2D eigenvalue weighted by atomic mass is 9.75. The minimum atomic E-state index is 0.327. The van der Waals surface area contributed by atoms with Gasteiger partial charge in [0.1, 0.15) is 0 Å². The average molecular weight is 273 g/mol.